The Kier molecular flexibility index (Phi) is 13.0. The van der Waals surface area contributed by atoms with E-state index in [9.17, 15) is 47.0 Å². The summed E-state index contributed by atoms with van der Waals surface area (Å²) >= 11 is 0. The van der Waals surface area contributed by atoms with Gasteiger partial charge in [0.25, 0.3) is 5.91 Å². The van der Waals surface area contributed by atoms with Crippen LogP contribution in [0.4, 0.5) is 13.2 Å². The fourth-order valence-corrected chi connectivity index (χ4v) is 4.28. The van der Waals surface area contributed by atoms with E-state index in [1.165, 1.54) is 26.8 Å². The molecular weight excluding hydrogens is 609 g/mol. The number of rotatable bonds is 15. The van der Waals surface area contributed by atoms with Crippen LogP contribution in [0.5, 0.6) is 0 Å². The monoisotopic (exact) mass is 648 g/mol. The molecule has 5 N–H and O–H groups in total. The second-order valence-electron chi connectivity index (χ2n) is 11.5. The van der Waals surface area contributed by atoms with Crippen molar-refractivity contribution in [1.82, 2.24) is 21.3 Å². The summed E-state index contributed by atoms with van der Waals surface area (Å²) < 4.78 is 39.9. The first-order valence-corrected chi connectivity index (χ1v) is 14.6. The second-order valence-corrected chi connectivity index (χ2v) is 11.5. The Bertz CT molecular complexity index is 1430. The van der Waals surface area contributed by atoms with Gasteiger partial charge < -0.3 is 26.4 Å². The zero-order chi connectivity index (χ0) is 34.8. The molecule has 0 heterocycles. The summed E-state index contributed by atoms with van der Waals surface area (Å²) in [6.07, 6.45) is -4.76. The number of carboxylic acids is 1. The van der Waals surface area contributed by atoms with Gasteiger partial charge in [-0.05, 0) is 43.9 Å². The molecule has 0 bridgehead atoms. The number of ketones is 1. The maximum absolute atomic E-state index is 13.3. The molecule has 0 aliphatic heterocycles. The molecule has 4 atom stereocenters. The predicted octanol–water partition coefficient (Wildman–Crippen LogP) is 2.56. The van der Waals surface area contributed by atoms with Gasteiger partial charge in [0, 0.05) is 6.42 Å². The normalized spacial score (nSPS) is 14.2. The van der Waals surface area contributed by atoms with E-state index in [1.807, 2.05) is 0 Å². The van der Waals surface area contributed by atoms with Crippen molar-refractivity contribution in [1.29, 1.82) is 0 Å². The van der Waals surface area contributed by atoms with Crippen LogP contribution in [-0.2, 0) is 47.8 Å². The number of benzene rings is 2. The molecule has 0 radical (unpaired) electrons. The SMILES string of the molecule is CC[C@H](C)C(NC(=O)C(=O)C(C)NC(=O)[C@H](Cc1cccc(C(F)(F)F)c1)NC(=O)Cc1ccccc1)C(=O)NC(C)(C)C(=O)O. The lowest BCUT2D eigenvalue weighted by atomic mass is 9.96. The molecule has 250 valence electrons. The zero-order valence-electron chi connectivity index (χ0n) is 26.2. The van der Waals surface area contributed by atoms with Crippen molar-refractivity contribution in [2.24, 2.45) is 5.92 Å². The quantitative estimate of drug-likeness (QED) is 0.185. The minimum atomic E-state index is -4.65. The lowest BCUT2D eigenvalue weighted by Crippen LogP contribution is -2.60. The van der Waals surface area contributed by atoms with Crippen molar-refractivity contribution in [2.75, 3.05) is 0 Å². The van der Waals surface area contributed by atoms with Crippen LogP contribution in [0.3, 0.4) is 0 Å². The van der Waals surface area contributed by atoms with E-state index in [2.05, 4.69) is 21.3 Å². The maximum atomic E-state index is 13.3. The zero-order valence-corrected chi connectivity index (χ0v) is 26.2. The highest BCUT2D eigenvalue weighted by molar-refractivity contribution is 6.38. The lowest BCUT2D eigenvalue weighted by molar-refractivity contribution is -0.147. The van der Waals surface area contributed by atoms with Crippen molar-refractivity contribution in [2.45, 2.75) is 83.7 Å². The third-order valence-corrected chi connectivity index (χ3v) is 7.28. The molecule has 14 heteroatoms. The first-order valence-electron chi connectivity index (χ1n) is 14.6. The molecular formula is C32H39F3N4O7. The molecule has 0 fully saturated rings. The second kappa shape index (κ2) is 16.0. The van der Waals surface area contributed by atoms with Gasteiger partial charge in [-0.25, -0.2) is 4.79 Å². The van der Waals surface area contributed by atoms with Crippen LogP contribution < -0.4 is 21.3 Å². The highest BCUT2D eigenvalue weighted by Crippen LogP contribution is 2.29. The molecule has 4 amide bonds. The molecule has 0 saturated heterocycles. The van der Waals surface area contributed by atoms with Crippen molar-refractivity contribution in [3.63, 3.8) is 0 Å². The Morgan fingerprint density at radius 2 is 1.43 bits per heavy atom. The molecule has 2 rings (SSSR count). The number of carboxylic acid groups (broad SMARTS) is 1. The molecule has 46 heavy (non-hydrogen) atoms. The van der Waals surface area contributed by atoms with E-state index in [0.29, 0.717) is 12.0 Å². The standard InChI is InChI=1S/C32H39F3N4O7/c1-6-18(2)25(28(43)39-31(4,5)30(45)46)38-29(44)26(41)19(3)36-27(42)23(37-24(40)17-20-11-8-7-9-12-20)16-21-13-10-14-22(15-21)32(33,34)35/h7-15,18-19,23,25H,6,16-17H2,1-5H3,(H,36,42)(H,37,40)(H,38,44)(H,39,43)(H,45,46)/t18-,19?,23-,25?/m0/s1. The van der Waals surface area contributed by atoms with E-state index in [1.54, 1.807) is 44.2 Å². The van der Waals surface area contributed by atoms with Crippen LogP contribution in [-0.4, -0.2) is 64.2 Å². The average molecular weight is 649 g/mol. The molecule has 2 aromatic rings. The third-order valence-electron chi connectivity index (χ3n) is 7.28. The van der Waals surface area contributed by atoms with E-state index < -0.39 is 76.7 Å². The van der Waals surface area contributed by atoms with Gasteiger partial charge in [-0.2, -0.15) is 13.2 Å². The Balaban J connectivity index is 2.22. The van der Waals surface area contributed by atoms with Crippen LogP contribution in [0.2, 0.25) is 0 Å². The number of Topliss-reactive ketones (excluding diaryl/α,β-unsaturated/α-hetero) is 1. The van der Waals surface area contributed by atoms with Crippen molar-refractivity contribution < 1.29 is 47.0 Å². The number of hydrogen-bond donors (Lipinski definition) is 5. The van der Waals surface area contributed by atoms with Crippen LogP contribution >= 0.6 is 0 Å². The molecule has 11 nitrogen and oxygen atoms in total. The van der Waals surface area contributed by atoms with Crippen LogP contribution in [0.15, 0.2) is 54.6 Å². The number of carbonyl (C=O) groups is 6. The molecule has 2 aromatic carbocycles. The number of aliphatic carboxylic acids is 1. The van der Waals surface area contributed by atoms with Crippen molar-refractivity contribution >= 4 is 35.4 Å². The van der Waals surface area contributed by atoms with Gasteiger partial charge >= 0.3 is 12.1 Å². The fourth-order valence-electron chi connectivity index (χ4n) is 4.28. The van der Waals surface area contributed by atoms with E-state index in [-0.39, 0.29) is 18.4 Å². The smallest absolute Gasteiger partial charge is 0.416 e. The summed E-state index contributed by atoms with van der Waals surface area (Å²) in [5.41, 5.74) is -1.92. The van der Waals surface area contributed by atoms with Crippen LogP contribution in [0, 0.1) is 5.92 Å². The molecule has 0 saturated carbocycles. The summed E-state index contributed by atoms with van der Waals surface area (Å²) in [6.45, 7) is 7.03. The molecule has 0 aliphatic carbocycles. The average Bonchev–Trinajstić information content (AvgIpc) is 2.98. The van der Waals surface area contributed by atoms with Gasteiger partial charge in [-0.1, -0.05) is 68.8 Å². The van der Waals surface area contributed by atoms with Gasteiger partial charge in [0.15, 0.2) is 0 Å². The summed E-state index contributed by atoms with van der Waals surface area (Å²) in [6, 6.07) is 8.55. The lowest BCUT2D eigenvalue weighted by Gasteiger charge is -2.28. The highest BCUT2D eigenvalue weighted by atomic mass is 19.4. The summed E-state index contributed by atoms with van der Waals surface area (Å²) in [5.74, 6) is -6.60. The summed E-state index contributed by atoms with van der Waals surface area (Å²) in [5, 5.41) is 18.8. The molecule has 0 aliphatic rings. The maximum Gasteiger partial charge on any atom is 0.416 e. The number of amides is 4. The van der Waals surface area contributed by atoms with Crippen LogP contribution in [0.25, 0.3) is 0 Å². The van der Waals surface area contributed by atoms with Crippen molar-refractivity contribution in [3.8, 4) is 0 Å². The van der Waals surface area contributed by atoms with Crippen LogP contribution in [0.1, 0.15) is 57.7 Å². The minimum absolute atomic E-state index is 0.0819. The van der Waals surface area contributed by atoms with Gasteiger partial charge in [-0.15, -0.1) is 0 Å². The fraction of sp³-hybridized carbons (Fsp3) is 0.438. The molecule has 0 spiro atoms. The Hall–Kier alpha value is -4.75. The van der Waals surface area contributed by atoms with Gasteiger partial charge in [0.1, 0.15) is 17.6 Å². The van der Waals surface area contributed by atoms with E-state index in [4.69, 9.17) is 0 Å². The summed E-state index contributed by atoms with van der Waals surface area (Å²) in [7, 11) is 0. The van der Waals surface area contributed by atoms with Gasteiger partial charge in [0.05, 0.1) is 18.0 Å². The number of halogens is 3. The van der Waals surface area contributed by atoms with E-state index >= 15 is 0 Å². The Morgan fingerprint density at radius 3 is 2.00 bits per heavy atom. The summed E-state index contributed by atoms with van der Waals surface area (Å²) in [4.78, 5) is 76.3. The Morgan fingerprint density at radius 1 is 0.826 bits per heavy atom. The molecule has 0 aromatic heterocycles. The molecule has 2 unspecified atom stereocenters. The number of alkyl halides is 3. The van der Waals surface area contributed by atoms with Crippen molar-refractivity contribution in [3.05, 3.63) is 71.3 Å². The predicted molar refractivity (Wildman–Crippen MR) is 161 cm³/mol. The largest absolute Gasteiger partial charge is 0.480 e. The highest BCUT2D eigenvalue weighted by Gasteiger charge is 2.36. The number of nitrogens with one attached hydrogen (secondary N) is 4. The third kappa shape index (κ3) is 11.0. The number of hydrogen-bond acceptors (Lipinski definition) is 6. The minimum Gasteiger partial charge on any atom is -0.480 e. The number of carbonyl (C=O) groups excluding carboxylic acids is 5. The van der Waals surface area contributed by atoms with Gasteiger partial charge in [-0.3, -0.25) is 24.0 Å². The first kappa shape index (κ1) is 37.4. The topological polar surface area (TPSA) is 171 Å². The van der Waals surface area contributed by atoms with E-state index in [0.717, 1.165) is 18.2 Å². The van der Waals surface area contributed by atoms with Gasteiger partial charge in [0.2, 0.25) is 23.5 Å². The first-order chi connectivity index (χ1) is 21.3. The Labute approximate surface area is 264 Å².